The third kappa shape index (κ3) is 12.3. The van der Waals surface area contributed by atoms with Crippen LogP contribution in [0.3, 0.4) is 0 Å². The predicted octanol–water partition coefficient (Wildman–Crippen LogP) is 28.8. The Kier molecular flexibility index (Phi) is 17.6. The Morgan fingerprint density at radius 1 is 0.151 bits per heavy atom. The highest BCUT2D eigenvalue weighted by atomic mass is 15.1. The number of hydrogen-bond acceptors (Lipinski definition) is 7. The van der Waals surface area contributed by atoms with E-state index in [0.29, 0.717) is 0 Å². The monoisotopic (exact) mass is 1610 g/mol. The van der Waals surface area contributed by atoms with Crippen molar-refractivity contribution < 1.29 is 0 Å². The van der Waals surface area contributed by atoms with Gasteiger partial charge in [-0.15, -0.1) is 0 Å². The topological polar surface area (TPSA) is 105 Å². The number of para-hydroxylation sites is 7. The van der Waals surface area contributed by atoms with Crippen LogP contribution >= 0.6 is 0 Å². The quantitative estimate of drug-likeness (QED) is 0.119. The van der Waals surface area contributed by atoms with Crippen molar-refractivity contribution >= 4 is 158 Å². The van der Waals surface area contributed by atoms with Gasteiger partial charge in [0.15, 0.2) is 0 Å². The van der Waals surface area contributed by atoms with Crippen molar-refractivity contribution in [2.75, 3.05) is 4.90 Å². The number of hydrogen-bond donors (Lipinski definition) is 0. The van der Waals surface area contributed by atoms with E-state index < -0.39 is 0 Å². The zero-order valence-electron chi connectivity index (χ0n) is 68.1. The summed E-state index contributed by atoms with van der Waals surface area (Å²) in [5.74, 6) is 0. The lowest BCUT2D eigenvalue weighted by Gasteiger charge is -2.26. The minimum absolute atomic E-state index is 0.950. The third-order valence-corrected chi connectivity index (χ3v) is 25.0. The van der Waals surface area contributed by atoms with Crippen LogP contribution in [0.15, 0.2) is 450 Å². The minimum atomic E-state index is 0.950. The second kappa shape index (κ2) is 30.5. The average Bonchev–Trinajstić information content (AvgIpc) is 1.58. The van der Waals surface area contributed by atoms with Gasteiger partial charge in [-0.25, -0.2) is 19.9 Å². The second-order valence-electron chi connectivity index (χ2n) is 31.9. The van der Waals surface area contributed by atoms with E-state index in [-0.39, 0.29) is 0 Å². The van der Waals surface area contributed by atoms with Crippen LogP contribution in [0.1, 0.15) is 0 Å². The Morgan fingerprint density at radius 3 is 0.746 bits per heavy atom. The molecule has 0 aliphatic heterocycles. The molecule has 126 heavy (non-hydrogen) atoms. The van der Waals surface area contributed by atoms with Gasteiger partial charge in [-0.05, 0) is 229 Å². The van der Waals surface area contributed by atoms with Crippen LogP contribution in [0.4, 0.5) is 17.1 Å². The molecule has 0 amide bonds. The van der Waals surface area contributed by atoms with Crippen molar-refractivity contribution in [3.63, 3.8) is 0 Å². The Labute approximate surface area is 723 Å². The Morgan fingerprint density at radius 2 is 0.397 bits per heavy atom. The number of benzene rings is 17. The van der Waals surface area contributed by atoms with E-state index in [1.807, 2.05) is 49.6 Å². The van der Waals surface area contributed by atoms with Crippen molar-refractivity contribution in [2.45, 2.75) is 0 Å². The largest absolute Gasteiger partial charge is 0.310 e. The summed E-state index contributed by atoms with van der Waals surface area (Å²) in [7, 11) is 0. The lowest BCUT2D eigenvalue weighted by molar-refractivity contribution is 1.07. The van der Waals surface area contributed by atoms with Gasteiger partial charge >= 0.3 is 0 Å². The van der Waals surface area contributed by atoms with E-state index in [2.05, 4.69) is 446 Å². The van der Waals surface area contributed by atoms with Crippen LogP contribution in [0.2, 0.25) is 0 Å². The summed E-state index contributed by atoms with van der Waals surface area (Å²) in [6, 6.07) is 140. The first kappa shape index (κ1) is 72.8. The van der Waals surface area contributed by atoms with E-state index in [0.717, 1.165) is 61.9 Å². The van der Waals surface area contributed by atoms with Gasteiger partial charge in [0.2, 0.25) is 0 Å². The van der Waals surface area contributed by atoms with E-state index in [4.69, 9.17) is 0 Å². The van der Waals surface area contributed by atoms with E-state index in [9.17, 15) is 0 Å². The van der Waals surface area contributed by atoms with Crippen LogP contribution < -0.4 is 4.90 Å². The van der Waals surface area contributed by atoms with E-state index >= 15 is 0 Å². The highest BCUT2D eigenvalue weighted by Gasteiger charge is 2.23. The smallest absolute Gasteiger partial charge is 0.115 e. The Hall–Kier alpha value is -17.2. The van der Waals surface area contributed by atoms with Gasteiger partial charge in [0.05, 0.1) is 91.3 Å². The highest BCUT2D eigenvalue weighted by molar-refractivity contribution is 6.26. The molecule has 0 saturated carbocycles. The number of aromatic nitrogens is 11. The van der Waals surface area contributed by atoms with Crippen molar-refractivity contribution in [1.29, 1.82) is 0 Å². The van der Waals surface area contributed by atoms with Gasteiger partial charge in [0.25, 0.3) is 0 Å². The molecule has 590 valence electrons. The van der Waals surface area contributed by atoms with Crippen LogP contribution in [-0.2, 0) is 0 Å². The zero-order valence-corrected chi connectivity index (χ0v) is 68.1. The molecule has 0 unspecified atom stereocenters. The molecule has 0 bridgehead atoms. The molecular formula is C114H74N12. The molecule has 9 heterocycles. The first-order valence-electron chi connectivity index (χ1n) is 42.4. The lowest BCUT2D eigenvalue weighted by atomic mass is 9.94. The van der Waals surface area contributed by atoms with E-state index in [1.54, 1.807) is 12.7 Å². The summed E-state index contributed by atoms with van der Waals surface area (Å²) in [5, 5.41) is 20.0. The molecule has 0 aliphatic rings. The third-order valence-electron chi connectivity index (χ3n) is 25.0. The maximum absolute atomic E-state index is 4.26. The van der Waals surface area contributed by atoms with Crippen LogP contribution in [0, 0.1) is 0 Å². The SMILES string of the molecule is c1ccc(N(c2ccc(-c3ccc4c(c3)c3ccccc3n4-c3ccccc3)cc2)c2ccc3c4ccccc4c4ccccc4c3c2)cc1.c1ccc2c(c1)c1cc(-c3ccc4c(c3)c3ccccc3n4-c3ccncc3)ccc1n2-c1ccncc1.c1ccc2c(c1)c1cc(-c3ccc4c(c3)c3ccccc3n4-c3cncnc3)ccc1n2-c1cncnc1. The van der Waals surface area contributed by atoms with Crippen LogP contribution in [-0.4, -0.2) is 52.7 Å². The summed E-state index contributed by atoms with van der Waals surface area (Å²) in [5.41, 5.74) is 27.6. The number of anilines is 3. The summed E-state index contributed by atoms with van der Waals surface area (Å²) >= 11 is 0. The van der Waals surface area contributed by atoms with Gasteiger partial charge in [0, 0.05) is 113 Å². The molecular weight excluding hydrogens is 1540 g/mol. The maximum Gasteiger partial charge on any atom is 0.115 e. The number of rotatable bonds is 11. The number of fused-ring (bicyclic) bond motifs is 21. The molecule has 9 aromatic heterocycles. The normalized spacial score (nSPS) is 11.7. The summed E-state index contributed by atoms with van der Waals surface area (Å²) in [6.07, 6.45) is 17.9. The number of nitrogens with zero attached hydrogens (tertiary/aromatic N) is 12. The summed E-state index contributed by atoms with van der Waals surface area (Å²) in [6.45, 7) is 0. The molecule has 0 saturated heterocycles. The fourth-order valence-electron chi connectivity index (χ4n) is 19.4. The first-order valence-corrected chi connectivity index (χ1v) is 42.4. The summed E-state index contributed by atoms with van der Waals surface area (Å²) < 4.78 is 11.5. The molecule has 26 aromatic rings. The Bertz CT molecular complexity index is 8050. The van der Waals surface area contributed by atoms with Gasteiger partial charge in [0.1, 0.15) is 12.7 Å². The van der Waals surface area contributed by atoms with Crippen molar-refractivity contribution in [1.82, 2.24) is 52.7 Å². The molecule has 12 heteroatoms. The summed E-state index contributed by atoms with van der Waals surface area (Å²) in [4.78, 5) is 27.8. The molecule has 0 atom stereocenters. The van der Waals surface area contributed by atoms with Gasteiger partial charge < -0.3 is 27.7 Å². The standard InChI is InChI=1S/C48H32N2.C34H22N4.C32H20N6/c1-3-13-35(14-4-1)49(38-28-29-43-41-19-8-7-17-39(41)40-18-9-10-20-42(40)45(43)32-38)37-26-23-33(24-27-37)34-25-30-48-46(31-34)44-21-11-12-22-47(44)50(48)36-15-5-2-6-16-36;1-3-7-31-27(5-1)29-21-23(9-11-33(29)37(31)25-13-17-35-18-14-25)24-10-12-34-30(22-24)28-6-2-4-8-32(28)38(34)26-15-19-36-20-16-26;1-3-7-29-25(5-1)27-13-21(9-11-31(27)37(29)23-15-33-19-34-16-23)22-10-12-32-28(14-22)26-6-2-4-8-30(26)38(32)24-17-35-20-36-18-24/h1-32H;1-22H;1-20H. The Balaban J connectivity index is 0.000000107. The maximum atomic E-state index is 4.26. The molecule has 12 nitrogen and oxygen atoms in total. The fraction of sp³-hybridized carbons (Fsp3) is 0. The molecule has 17 aromatic carbocycles. The molecule has 0 spiro atoms. The molecule has 0 fully saturated rings. The average molecular weight is 1610 g/mol. The van der Waals surface area contributed by atoms with Gasteiger partial charge in [-0.1, -0.05) is 224 Å². The first-order chi connectivity index (χ1) is 62.5. The lowest BCUT2D eigenvalue weighted by Crippen LogP contribution is -2.09. The zero-order chi connectivity index (χ0) is 83.1. The minimum Gasteiger partial charge on any atom is -0.310 e. The molecule has 26 rings (SSSR count). The van der Waals surface area contributed by atoms with Crippen LogP contribution in [0.5, 0.6) is 0 Å². The fourth-order valence-corrected chi connectivity index (χ4v) is 19.4. The molecule has 0 radical (unpaired) electrons. The molecule has 0 aliphatic carbocycles. The highest BCUT2D eigenvalue weighted by Crippen LogP contribution is 2.46. The second-order valence-corrected chi connectivity index (χ2v) is 31.9. The van der Waals surface area contributed by atoms with Crippen molar-refractivity contribution in [2.24, 2.45) is 0 Å². The van der Waals surface area contributed by atoms with Crippen molar-refractivity contribution in [3.8, 4) is 61.8 Å². The van der Waals surface area contributed by atoms with E-state index in [1.165, 1.54) is 158 Å². The number of pyridine rings is 2. The van der Waals surface area contributed by atoms with Gasteiger partial charge in [-0.2, -0.15) is 0 Å². The van der Waals surface area contributed by atoms with Crippen molar-refractivity contribution in [3.05, 3.63) is 450 Å². The van der Waals surface area contributed by atoms with Crippen LogP contribution in [0.25, 0.3) is 203 Å². The van der Waals surface area contributed by atoms with Gasteiger partial charge in [-0.3, -0.25) is 9.97 Å². The predicted molar refractivity (Wildman–Crippen MR) is 521 cm³/mol. The molecule has 0 N–H and O–H groups in total.